The van der Waals surface area contributed by atoms with Crippen LogP contribution in [0.1, 0.15) is 28.3 Å². The topological polar surface area (TPSA) is 39.6 Å². The van der Waals surface area contributed by atoms with E-state index in [1.54, 1.807) is 11.8 Å². The molecule has 184 valence electrons. The summed E-state index contributed by atoms with van der Waals surface area (Å²) in [6, 6.07) is 28.7. The third-order valence-corrected chi connectivity index (χ3v) is 8.86. The zero-order chi connectivity index (χ0) is 24.3. The fraction of sp³-hybridized carbons (Fsp3) is 0.323. The second-order valence-corrected chi connectivity index (χ2v) is 11.0. The van der Waals surface area contributed by atoms with Crippen LogP contribution in [-0.2, 0) is 12.8 Å². The number of hydrogen-bond donors (Lipinski definition) is 1. The van der Waals surface area contributed by atoms with Crippen LogP contribution in [0.5, 0.6) is 0 Å². The van der Waals surface area contributed by atoms with Crippen molar-refractivity contribution in [2.45, 2.75) is 29.9 Å². The molecule has 2 heterocycles. The number of aryl methyl sites for hydroxylation is 2. The van der Waals surface area contributed by atoms with E-state index in [2.05, 4.69) is 75.4 Å². The average Bonchev–Trinajstić information content (AvgIpc) is 3.09. The number of hydrogen-bond acceptors (Lipinski definition) is 5. The molecule has 0 radical (unpaired) electrons. The summed E-state index contributed by atoms with van der Waals surface area (Å²) >= 11 is 1.73. The number of fused-ring (bicyclic) bond motifs is 3. The number of β-amino-alcohol motifs (C(OH)–C–C–N with tert-alkyl or cyclic N) is 1. The Bertz CT molecular complexity index is 1280. The number of piperazine rings is 1. The standard InChI is InChI=1S/C31H33N3OS/c35-25(22-36-30-13-5-12-29-28(30)11-6-16-32-29)21-33-17-19-34(20-18-33)31-26-9-3-1-7-23(26)14-15-24-8-2-4-10-27(24)31/h1-13,16,25,31,35H,14-15,17-22H2. The number of benzene rings is 3. The highest BCUT2D eigenvalue weighted by Crippen LogP contribution is 2.37. The van der Waals surface area contributed by atoms with Gasteiger partial charge < -0.3 is 5.11 Å². The number of aliphatic hydroxyl groups is 1. The molecule has 1 N–H and O–H groups in total. The van der Waals surface area contributed by atoms with E-state index in [-0.39, 0.29) is 6.10 Å². The molecule has 1 saturated heterocycles. The first kappa shape index (κ1) is 23.7. The third-order valence-electron chi connectivity index (χ3n) is 7.64. The summed E-state index contributed by atoms with van der Waals surface area (Å²) in [4.78, 5) is 10.7. The minimum Gasteiger partial charge on any atom is -0.391 e. The van der Waals surface area contributed by atoms with Crippen molar-refractivity contribution in [2.24, 2.45) is 0 Å². The van der Waals surface area contributed by atoms with Crippen LogP contribution in [0, 0.1) is 0 Å². The summed E-state index contributed by atoms with van der Waals surface area (Å²) in [5, 5.41) is 12.0. The van der Waals surface area contributed by atoms with Crippen molar-refractivity contribution in [1.29, 1.82) is 0 Å². The highest BCUT2D eigenvalue weighted by Gasteiger charge is 2.31. The van der Waals surface area contributed by atoms with E-state index in [9.17, 15) is 5.11 Å². The Morgan fingerprint density at radius 2 is 1.50 bits per heavy atom. The molecule has 0 saturated carbocycles. The van der Waals surface area contributed by atoms with Crippen LogP contribution < -0.4 is 0 Å². The fourth-order valence-corrected chi connectivity index (χ4v) is 6.81. The normalized spacial score (nSPS) is 17.9. The molecule has 1 unspecified atom stereocenters. The molecule has 0 amide bonds. The Morgan fingerprint density at radius 1 is 0.806 bits per heavy atom. The minimum atomic E-state index is -0.354. The largest absolute Gasteiger partial charge is 0.391 e. The fourth-order valence-electron chi connectivity index (χ4n) is 5.83. The van der Waals surface area contributed by atoms with Gasteiger partial charge in [0.25, 0.3) is 0 Å². The monoisotopic (exact) mass is 495 g/mol. The lowest BCUT2D eigenvalue weighted by atomic mass is 9.92. The van der Waals surface area contributed by atoms with Crippen LogP contribution in [0.3, 0.4) is 0 Å². The molecule has 0 spiro atoms. The van der Waals surface area contributed by atoms with Crippen LogP contribution in [0.25, 0.3) is 10.9 Å². The summed E-state index contributed by atoms with van der Waals surface area (Å²) in [5.74, 6) is 0.692. The van der Waals surface area contributed by atoms with E-state index in [0.717, 1.165) is 56.5 Å². The molecule has 0 bridgehead atoms. The van der Waals surface area contributed by atoms with Gasteiger partial charge >= 0.3 is 0 Å². The van der Waals surface area contributed by atoms with E-state index < -0.39 is 0 Å². The summed E-state index contributed by atoms with van der Waals surface area (Å²) in [5.41, 5.74) is 6.91. The Labute approximate surface area is 218 Å². The van der Waals surface area contributed by atoms with Gasteiger partial charge in [-0.15, -0.1) is 11.8 Å². The first-order chi connectivity index (χ1) is 17.8. The summed E-state index contributed by atoms with van der Waals surface area (Å²) in [7, 11) is 0. The molecule has 1 atom stereocenters. The average molecular weight is 496 g/mol. The SMILES string of the molecule is OC(CSc1cccc2ncccc12)CN1CCN(C2c3ccccc3CCc3ccccc32)CC1. The molecule has 1 aliphatic carbocycles. The van der Waals surface area contributed by atoms with Gasteiger partial charge in [0, 0.05) is 55.0 Å². The third kappa shape index (κ3) is 4.94. The first-order valence-corrected chi connectivity index (χ1v) is 14.0. The number of nitrogens with zero attached hydrogens (tertiary/aromatic N) is 3. The molecule has 1 aliphatic heterocycles. The van der Waals surface area contributed by atoms with Crippen molar-refractivity contribution in [1.82, 2.24) is 14.8 Å². The van der Waals surface area contributed by atoms with E-state index in [4.69, 9.17) is 0 Å². The van der Waals surface area contributed by atoms with E-state index in [1.807, 2.05) is 24.4 Å². The lowest BCUT2D eigenvalue weighted by molar-refractivity contribution is 0.0707. The highest BCUT2D eigenvalue weighted by atomic mass is 32.2. The van der Waals surface area contributed by atoms with Crippen LogP contribution >= 0.6 is 11.8 Å². The van der Waals surface area contributed by atoms with Crippen LogP contribution in [0.4, 0.5) is 0 Å². The number of pyridine rings is 1. The molecule has 1 fully saturated rings. The maximum atomic E-state index is 10.9. The van der Waals surface area contributed by atoms with E-state index in [1.165, 1.54) is 27.1 Å². The summed E-state index contributed by atoms with van der Waals surface area (Å²) in [6.45, 7) is 4.73. The molecule has 2 aliphatic rings. The predicted octanol–water partition coefficient (Wildman–Crippen LogP) is 5.19. The van der Waals surface area contributed by atoms with Gasteiger partial charge in [-0.2, -0.15) is 0 Å². The second-order valence-electron chi connectivity index (χ2n) is 9.93. The minimum absolute atomic E-state index is 0.322. The highest BCUT2D eigenvalue weighted by molar-refractivity contribution is 7.99. The molecule has 4 nitrogen and oxygen atoms in total. The van der Waals surface area contributed by atoms with E-state index in [0.29, 0.717) is 11.8 Å². The van der Waals surface area contributed by atoms with Crippen molar-refractivity contribution < 1.29 is 5.11 Å². The maximum absolute atomic E-state index is 10.9. The van der Waals surface area contributed by atoms with Crippen molar-refractivity contribution in [3.8, 4) is 0 Å². The number of thioether (sulfide) groups is 1. The Balaban J connectivity index is 1.10. The number of aromatic nitrogens is 1. The second kappa shape index (κ2) is 10.7. The van der Waals surface area contributed by atoms with Gasteiger partial charge in [-0.1, -0.05) is 60.7 Å². The summed E-state index contributed by atoms with van der Waals surface area (Å²) < 4.78 is 0. The Hall–Kier alpha value is -2.70. The first-order valence-electron chi connectivity index (χ1n) is 13.0. The van der Waals surface area contributed by atoms with Crippen molar-refractivity contribution in [3.05, 3.63) is 107 Å². The van der Waals surface area contributed by atoms with Gasteiger partial charge in [-0.25, -0.2) is 0 Å². The Morgan fingerprint density at radius 3 is 2.22 bits per heavy atom. The van der Waals surface area contributed by atoms with Crippen molar-refractivity contribution in [3.63, 3.8) is 0 Å². The number of aliphatic hydroxyl groups excluding tert-OH is 1. The zero-order valence-corrected chi connectivity index (χ0v) is 21.4. The van der Waals surface area contributed by atoms with Gasteiger partial charge in [0.1, 0.15) is 0 Å². The molecular formula is C31H33N3OS. The molecular weight excluding hydrogens is 462 g/mol. The molecule has 36 heavy (non-hydrogen) atoms. The lowest BCUT2D eigenvalue weighted by Crippen LogP contribution is -2.50. The Kier molecular flexibility index (Phi) is 7.06. The summed E-state index contributed by atoms with van der Waals surface area (Å²) in [6.07, 6.45) is 3.70. The molecule has 3 aromatic carbocycles. The van der Waals surface area contributed by atoms with Crippen LogP contribution in [0.2, 0.25) is 0 Å². The number of rotatable bonds is 6. The molecule has 4 aromatic rings. The molecule has 5 heteroatoms. The van der Waals surface area contributed by atoms with Crippen LogP contribution in [0.15, 0.2) is 90.0 Å². The smallest absolute Gasteiger partial charge is 0.0760 e. The van der Waals surface area contributed by atoms with Gasteiger partial charge in [-0.05, 0) is 53.3 Å². The van der Waals surface area contributed by atoms with Gasteiger partial charge in [0.15, 0.2) is 0 Å². The molecule has 1 aromatic heterocycles. The van der Waals surface area contributed by atoms with E-state index >= 15 is 0 Å². The zero-order valence-electron chi connectivity index (χ0n) is 20.6. The molecule has 6 rings (SSSR count). The van der Waals surface area contributed by atoms with Crippen molar-refractivity contribution >= 4 is 22.7 Å². The van der Waals surface area contributed by atoms with Gasteiger partial charge in [0.05, 0.1) is 17.7 Å². The predicted molar refractivity (Wildman–Crippen MR) is 149 cm³/mol. The lowest BCUT2D eigenvalue weighted by Gasteiger charge is -2.40. The van der Waals surface area contributed by atoms with Gasteiger partial charge in [0.2, 0.25) is 0 Å². The maximum Gasteiger partial charge on any atom is 0.0760 e. The van der Waals surface area contributed by atoms with Crippen LogP contribution in [-0.4, -0.2) is 64.5 Å². The van der Waals surface area contributed by atoms with Crippen molar-refractivity contribution in [2.75, 3.05) is 38.5 Å². The van der Waals surface area contributed by atoms with Gasteiger partial charge in [-0.3, -0.25) is 14.8 Å². The quantitative estimate of drug-likeness (QED) is 0.373.